The zero-order valence-electron chi connectivity index (χ0n) is 20.4. The average Bonchev–Trinajstić information content (AvgIpc) is 3.32. The molecule has 4 aromatic rings. The van der Waals surface area contributed by atoms with E-state index in [1.165, 1.54) is 12.8 Å². The Kier molecular flexibility index (Phi) is 7.70. The molecule has 0 amide bonds. The number of aryl methyl sites for hydroxylation is 1. The number of anilines is 1. The maximum atomic E-state index is 4.59. The van der Waals surface area contributed by atoms with Crippen molar-refractivity contribution in [3.63, 3.8) is 0 Å². The molecule has 0 radical (unpaired) electrons. The summed E-state index contributed by atoms with van der Waals surface area (Å²) in [7, 11) is 1.93. The second kappa shape index (κ2) is 11.1. The van der Waals surface area contributed by atoms with Crippen LogP contribution in [0.1, 0.15) is 37.9 Å². The quantitative estimate of drug-likeness (QED) is 0.392. The number of piperidine rings is 1. The highest BCUT2D eigenvalue weighted by Crippen LogP contribution is 2.26. The maximum absolute atomic E-state index is 4.59. The minimum atomic E-state index is 0.705. The first kappa shape index (κ1) is 23.6. The SMILES string of the molecule is C=C(Nc1cc2cc(-c3cnn(C)c3)ccc2cn1)c1ccnc(CC2CCNCC2)c1.CC. The minimum absolute atomic E-state index is 0.705. The van der Waals surface area contributed by atoms with Gasteiger partial charge in [0.05, 0.1) is 6.20 Å². The summed E-state index contributed by atoms with van der Waals surface area (Å²) < 4.78 is 1.82. The Balaban J connectivity index is 0.00000133. The van der Waals surface area contributed by atoms with Gasteiger partial charge in [0.2, 0.25) is 0 Å². The molecule has 3 aromatic heterocycles. The van der Waals surface area contributed by atoms with Crippen LogP contribution in [0.25, 0.3) is 27.6 Å². The van der Waals surface area contributed by atoms with E-state index in [4.69, 9.17) is 0 Å². The minimum Gasteiger partial charge on any atom is -0.340 e. The summed E-state index contributed by atoms with van der Waals surface area (Å²) in [5.74, 6) is 1.49. The van der Waals surface area contributed by atoms with Crippen LogP contribution < -0.4 is 10.6 Å². The molecule has 1 saturated heterocycles. The number of pyridine rings is 2. The summed E-state index contributed by atoms with van der Waals surface area (Å²) in [5.41, 5.74) is 5.25. The van der Waals surface area contributed by atoms with Crippen molar-refractivity contribution in [2.45, 2.75) is 33.1 Å². The summed E-state index contributed by atoms with van der Waals surface area (Å²) in [6.45, 7) is 10.5. The molecule has 2 N–H and O–H groups in total. The summed E-state index contributed by atoms with van der Waals surface area (Å²) >= 11 is 0. The summed E-state index contributed by atoms with van der Waals surface area (Å²) in [6.07, 6.45) is 11.1. The molecule has 4 heterocycles. The third kappa shape index (κ3) is 5.69. The molecule has 1 aliphatic heterocycles. The van der Waals surface area contributed by atoms with Crippen LogP contribution in [0.4, 0.5) is 5.82 Å². The van der Waals surface area contributed by atoms with Crippen LogP contribution in [0.15, 0.2) is 67.8 Å². The first-order valence-electron chi connectivity index (χ1n) is 12.1. The largest absolute Gasteiger partial charge is 0.340 e. The van der Waals surface area contributed by atoms with Crippen molar-refractivity contribution in [3.05, 3.63) is 79.0 Å². The second-order valence-corrected chi connectivity index (χ2v) is 8.57. The fourth-order valence-electron chi connectivity index (χ4n) is 4.35. The van der Waals surface area contributed by atoms with E-state index in [1.807, 2.05) is 56.4 Å². The van der Waals surface area contributed by atoms with Crippen molar-refractivity contribution in [2.24, 2.45) is 13.0 Å². The van der Waals surface area contributed by atoms with Gasteiger partial charge in [-0.05, 0) is 73.5 Å². The van der Waals surface area contributed by atoms with E-state index < -0.39 is 0 Å². The summed E-state index contributed by atoms with van der Waals surface area (Å²) in [6, 6.07) is 12.6. The van der Waals surface area contributed by atoms with E-state index in [0.717, 1.165) is 64.2 Å². The molecule has 1 aliphatic rings. The fraction of sp³-hybridized carbons (Fsp3) is 0.321. The standard InChI is InChI=1S/C26H28N6.C2H6/c1-18(20-7-10-28-25(13-20)11-19-5-8-27-9-6-19)31-26-14-23-12-21(3-4-22(23)15-29-26)24-16-30-32(2)17-24;1-2/h3-4,7,10,12-17,19,27H,1,5-6,8-9,11H2,2H3,(H,29,31);1-2H3. The van der Waals surface area contributed by atoms with Crippen molar-refractivity contribution in [2.75, 3.05) is 18.4 Å². The van der Waals surface area contributed by atoms with E-state index in [1.54, 1.807) is 0 Å². The zero-order valence-corrected chi connectivity index (χ0v) is 20.4. The van der Waals surface area contributed by atoms with Gasteiger partial charge in [-0.2, -0.15) is 5.10 Å². The van der Waals surface area contributed by atoms with E-state index in [2.05, 4.69) is 62.6 Å². The van der Waals surface area contributed by atoms with E-state index in [9.17, 15) is 0 Å². The van der Waals surface area contributed by atoms with Crippen molar-refractivity contribution < 1.29 is 0 Å². The number of hydrogen-bond acceptors (Lipinski definition) is 5. The molecule has 34 heavy (non-hydrogen) atoms. The molecule has 6 nitrogen and oxygen atoms in total. The molecule has 6 heteroatoms. The Bertz CT molecular complexity index is 1250. The van der Waals surface area contributed by atoms with Crippen molar-refractivity contribution >= 4 is 22.3 Å². The van der Waals surface area contributed by atoms with Crippen LogP contribution >= 0.6 is 0 Å². The molecule has 0 atom stereocenters. The summed E-state index contributed by atoms with van der Waals surface area (Å²) in [5, 5.41) is 13.3. The lowest BCUT2D eigenvalue weighted by molar-refractivity contribution is 0.370. The highest BCUT2D eigenvalue weighted by molar-refractivity contribution is 5.89. The van der Waals surface area contributed by atoms with Crippen molar-refractivity contribution in [1.29, 1.82) is 0 Å². The Labute approximate surface area is 202 Å². The van der Waals surface area contributed by atoms with E-state index in [-0.39, 0.29) is 0 Å². The zero-order chi connectivity index (χ0) is 23.9. The van der Waals surface area contributed by atoms with Gasteiger partial charge >= 0.3 is 0 Å². The number of nitrogens with one attached hydrogen (secondary N) is 2. The molecule has 176 valence electrons. The molecule has 0 aliphatic carbocycles. The van der Waals surface area contributed by atoms with Crippen LogP contribution in [0.3, 0.4) is 0 Å². The Morgan fingerprint density at radius 1 is 1.03 bits per heavy atom. The van der Waals surface area contributed by atoms with Crippen LogP contribution in [-0.2, 0) is 13.5 Å². The monoisotopic (exact) mass is 454 g/mol. The third-order valence-electron chi connectivity index (χ3n) is 6.16. The number of benzene rings is 1. The molecule has 5 rings (SSSR count). The lowest BCUT2D eigenvalue weighted by Gasteiger charge is -2.22. The van der Waals surface area contributed by atoms with Gasteiger partial charge in [0.1, 0.15) is 5.82 Å². The molecule has 0 saturated carbocycles. The highest BCUT2D eigenvalue weighted by atomic mass is 15.2. The molecule has 0 spiro atoms. The van der Waals surface area contributed by atoms with Crippen LogP contribution in [0.2, 0.25) is 0 Å². The number of nitrogens with zero attached hydrogens (tertiary/aromatic N) is 4. The molecular weight excluding hydrogens is 420 g/mol. The third-order valence-corrected chi connectivity index (χ3v) is 6.16. The predicted molar refractivity (Wildman–Crippen MR) is 141 cm³/mol. The number of hydrogen-bond donors (Lipinski definition) is 2. The van der Waals surface area contributed by atoms with Gasteiger partial charge < -0.3 is 10.6 Å². The average molecular weight is 455 g/mol. The van der Waals surface area contributed by atoms with Gasteiger partial charge in [0, 0.05) is 53.5 Å². The van der Waals surface area contributed by atoms with Gasteiger partial charge in [-0.15, -0.1) is 0 Å². The Hall–Kier alpha value is -3.51. The fourth-order valence-corrected chi connectivity index (χ4v) is 4.35. The van der Waals surface area contributed by atoms with Gasteiger partial charge in [-0.1, -0.05) is 32.6 Å². The summed E-state index contributed by atoms with van der Waals surface area (Å²) in [4.78, 5) is 9.18. The Morgan fingerprint density at radius 3 is 2.62 bits per heavy atom. The van der Waals surface area contributed by atoms with Gasteiger partial charge in [0.25, 0.3) is 0 Å². The molecule has 0 bridgehead atoms. The van der Waals surface area contributed by atoms with Crippen molar-refractivity contribution in [3.8, 4) is 11.1 Å². The van der Waals surface area contributed by atoms with Crippen LogP contribution in [-0.4, -0.2) is 32.8 Å². The first-order valence-corrected chi connectivity index (χ1v) is 12.1. The van der Waals surface area contributed by atoms with Gasteiger partial charge in [0.15, 0.2) is 0 Å². The van der Waals surface area contributed by atoms with Crippen molar-refractivity contribution in [1.82, 2.24) is 25.1 Å². The number of aromatic nitrogens is 4. The Morgan fingerprint density at radius 2 is 1.85 bits per heavy atom. The highest BCUT2D eigenvalue weighted by Gasteiger charge is 2.14. The van der Waals surface area contributed by atoms with E-state index >= 15 is 0 Å². The molecular formula is C28H34N6. The first-order chi connectivity index (χ1) is 16.6. The number of rotatable bonds is 6. The molecule has 1 fully saturated rings. The molecule has 1 aromatic carbocycles. The predicted octanol–water partition coefficient (Wildman–Crippen LogP) is 5.68. The lowest BCUT2D eigenvalue weighted by atomic mass is 9.92. The smallest absolute Gasteiger partial charge is 0.130 e. The lowest BCUT2D eigenvalue weighted by Crippen LogP contribution is -2.28. The normalized spacial score (nSPS) is 13.9. The molecule has 0 unspecified atom stereocenters. The van der Waals surface area contributed by atoms with Crippen LogP contribution in [0, 0.1) is 5.92 Å². The number of fused-ring (bicyclic) bond motifs is 1. The topological polar surface area (TPSA) is 67.7 Å². The van der Waals surface area contributed by atoms with Crippen LogP contribution in [0.5, 0.6) is 0 Å². The van der Waals surface area contributed by atoms with Gasteiger partial charge in [-0.3, -0.25) is 9.67 Å². The van der Waals surface area contributed by atoms with E-state index in [0.29, 0.717) is 5.92 Å². The second-order valence-electron chi connectivity index (χ2n) is 8.57. The van der Waals surface area contributed by atoms with Gasteiger partial charge in [-0.25, -0.2) is 4.98 Å². The maximum Gasteiger partial charge on any atom is 0.130 e.